The molecule has 0 fully saturated rings. The molecule has 0 aromatic heterocycles. The Morgan fingerprint density at radius 3 is 2.26 bits per heavy atom. The highest BCUT2D eigenvalue weighted by Crippen LogP contribution is 2.11. The molecule has 5 heteroatoms. The van der Waals surface area contributed by atoms with Crippen LogP contribution in [0.3, 0.4) is 0 Å². The van der Waals surface area contributed by atoms with Gasteiger partial charge in [-0.1, -0.05) is 30.4 Å². The quantitative estimate of drug-likeness (QED) is 0.626. The van der Waals surface area contributed by atoms with Crippen LogP contribution in [0.2, 0.25) is 0 Å². The molecule has 0 radical (unpaired) electrons. The maximum atomic E-state index is 11.9. The van der Waals surface area contributed by atoms with E-state index in [9.17, 15) is 13.2 Å². The normalized spacial score (nSPS) is 12.7. The minimum atomic E-state index is -3.45. The third-order valence-corrected chi connectivity index (χ3v) is 3.86. The van der Waals surface area contributed by atoms with Gasteiger partial charge in [0.2, 0.25) is 5.91 Å². The van der Waals surface area contributed by atoms with E-state index in [1.807, 2.05) is 0 Å². The molecule has 0 atom stereocenters. The molecular formula is C14H17NO3S. The maximum Gasteiger partial charge on any atom is 0.248 e. The second-order valence-electron chi connectivity index (χ2n) is 4.24. The third kappa shape index (κ3) is 4.37. The number of nitrogens with zero attached hydrogens (tertiary/aromatic N) is 1. The number of likely N-dealkylation sites (N-methyl/N-ethyl adjacent to an activating group) is 1. The molecule has 0 spiro atoms. The van der Waals surface area contributed by atoms with Crippen molar-refractivity contribution >= 4 is 15.7 Å². The number of carbonyl (C=O) groups excluding carboxylic acids is 1. The average molecular weight is 279 g/mol. The Kier molecular flexibility index (Phi) is 5.06. The second-order valence-corrected chi connectivity index (χ2v) is 6.07. The zero-order valence-electron chi connectivity index (χ0n) is 11.2. The van der Waals surface area contributed by atoms with E-state index in [1.165, 1.54) is 29.2 Å². The monoisotopic (exact) mass is 279 g/mol. The molecule has 1 aromatic rings. The number of benzene rings is 1. The van der Waals surface area contributed by atoms with Gasteiger partial charge in [0.1, 0.15) is 0 Å². The van der Waals surface area contributed by atoms with Gasteiger partial charge in [-0.3, -0.25) is 4.79 Å². The number of hydrogen-bond acceptors (Lipinski definition) is 3. The molecule has 0 heterocycles. The predicted octanol–water partition coefficient (Wildman–Crippen LogP) is 2.01. The Morgan fingerprint density at radius 1 is 1.16 bits per heavy atom. The summed E-state index contributed by atoms with van der Waals surface area (Å²) in [5.41, 5.74) is 0.476. The van der Waals surface area contributed by atoms with Crippen molar-refractivity contribution in [2.75, 3.05) is 14.1 Å². The van der Waals surface area contributed by atoms with Crippen molar-refractivity contribution in [3.63, 3.8) is 0 Å². The zero-order valence-corrected chi connectivity index (χ0v) is 12.0. The van der Waals surface area contributed by atoms with Gasteiger partial charge in [-0.2, -0.15) is 0 Å². The lowest BCUT2D eigenvalue weighted by atomic mass is 10.2. The second kappa shape index (κ2) is 6.33. The van der Waals surface area contributed by atoms with Crippen molar-refractivity contribution in [2.45, 2.75) is 11.8 Å². The first kappa shape index (κ1) is 15.2. The maximum absolute atomic E-state index is 11.9. The summed E-state index contributed by atoms with van der Waals surface area (Å²) >= 11 is 0. The Morgan fingerprint density at radius 2 is 1.74 bits per heavy atom. The van der Waals surface area contributed by atoms with Gasteiger partial charge in [-0.25, -0.2) is 8.42 Å². The first-order chi connectivity index (χ1) is 8.84. The number of sulfone groups is 1. The van der Waals surface area contributed by atoms with E-state index in [0.29, 0.717) is 5.57 Å². The van der Waals surface area contributed by atoms with Crippen LogP contribution in [-0.4, -0.2) is 33.3 Å². The predicted molar refractivity (Wildman–Crippen MR) is 75.2 cm³/mol. The van der Waals surface area contributed by atoms with E-state index in [1.54, 1.807) is 39.2 Å². The molecule has 0 aliphatic heterocycles. The average Bonchev–Trinajstić information content (AvgIpc) is 2.38. The van der Waals surface area contributed by atoms with Crippen molar-refractivity contribution in [2.24, 2.45) is 0 Å². The van der Waals surface area contributed by atoms with E-state index < -0.39 is 9.84 Å². The molecule has 1 aromatic carbocycles. The van der Waals surface area contributed by atoms with Gasteiger partial charge in [0, 0.05) is 25.1 Å². The number of hydrogen-bond donors (Lipinski definition) is 0. The zero-order chi connectivity index (χ0) is 14.5. The lowest BCUT2D eigenvalue weighted by Gasteiger charge is -2.09. The smallest absolute Gasteiger partial charge is 0.248 e. The third-order valence-electron chi connectivity index (χ3n) is 2.42. The molecule has 0 aliphatic carbocycles. The van der Waals surface area contributed by atoms with Crippen LogP contribution in [0.1, 0.15) is 6.92 Å². The topological polar surface area (TPSA) is 54.5 Å². The first-order valence-electron chi connectivity index (χ1n) is 5.71. The van der Waals surface area contributed by atoms with Crippen molar-refractivity contribution in [3.8, 4) is 0 Å². The van der Waals surface area contributed by atoms with E-state index >= 15 is 0 Å². The number of carbonyl (C=O) groups is 1. The molecule has 1 amide bonds. The van der Waals surface area contributed by atoms with Gasteiger partial charge >= 0.3 is 0 Å². The molecule has 1 rings (SSSR count). The lowest BCUT2D eigenvalue weighted by molar-refractivity contribution is -0.124. The molecule has 4 nitrogen and oxygen atoms in total. The fourth-order valence-corrected chi connectivity index (χ4v) is 2.38. The van der Waals surface area contributed by atoms with Crippen LogP contribution in [0.15, 0.2) is 58.4 Å². The summed E-state index contributed by atoms with van der Waals surface area (Å²) < 4.78 is 23.8. The largest absolute Gasteiger partial charge is 0.345 e. The summed E-state index contributed by atoms with van der Waals surface area (Å²) in [5, 5.41) is 1.09. The lowest BCUT2D eigenvalue weighted by Crippen LogP contribution is -2.22. The Labute approximate surface area is 114 Å². The summed E-state index contributed by atoms with van der Waals surface area (Å²) in [4.78, 5) is 13.2. The van der Waals surface area contributed by atoms with Crippen LogP contribution in [0.5, 0.6) is 0 Å². The van der Waals surface area contributed by atoms with Gasteiger partial charge in [0.05, 0.1) is 4.90 Å². The minimum Gasteiger partial charge on any atom is -0.345 e. The van der Waals surface area contributed by atoms with Crippen molar-refractivity contribution in [1.29, 1.82) is 0 Å². The van der Waals surface area contributed by atoms with E-state index in [0.717, 1.165) is 5.41 Å². The van der Waals surface area contributed by atoms with Crippen molar-refractivity contribution < 1.29 is 13.2 Å². The molecule has 0 N–H and O–H groups in total. The highest BCUT2D eigenvalue weighted by molar-refractivity contribution is 7.94. The summed E-state index contributed by atoms with van der Waals surface area (Å²) in [7, 11) is -0.166. The molecule has 19 heavy (non-hydrogen) atoms. The SMILES string of the molecule is CC(=CC=CS(=O)(=O)c1ccccc1)C(=O)N(C)C. The molecule has 102 valence electrons. The van der Waals surface area contributed by atoms with Crippen molar-refractivity contribution in [1.82, 2.24) is 4.90 Å². The highest BCUT2D eigenvalue weighted by Gasteiger charge is 2.09. The van der Waals surface area contributed by atoms with Crippen LogP contribution >= 0.6 is 0 Å². The van der Waals surface area contributed by atoms with Crippen LogP contribution in [0.4, 0.5) is 0 Å². The minimum absolute atomic E-state index is 0.151. The Balaban J connectivity index is 2.89. The highest BCUT2D eigenvalue weighted by atomic mass is 32.2. The summed E-state index contributed by atoms with van der Waals surface area (Å²) in [6.45, 7) is 1.64. The summed E-state index contributed by atoms with van der Waals surface area (Å²) in [5.74, 6) is -0.151. The molecular weight excluding hydrogens is 262 g/mol. The van der Waals surface area contributed by atoms with Crippen LogP contribution in [-0.2, 0) is 14.6 Å². The van der Waals surface area contributed by atoms with E-state index in [-0.39, 0.29) is 10.8 Å². The number of rotatable bonds is 4. The molecule has 0 saturated heterocycles. The molecule has 0 bridgehead atoms. The molecule has 0 saturated carbocycles. The molecule has 0 aliphatic rings. The van der Waals surface area contributed by atoms with Gasteiger partial charge < -0.3 is 4.90 Å². The van der Waals surface area contributed by atoms with Gasteiger partial charge in [0.15, 0.2) is 9.84 Å². The fraction of sp³-hybridized carbons (Fsp3) is 0.214. The number of amides is 1. The standard InChI is InChI=1S/C14H17NO3S/c1-12(14(16)15(2)3)8-7-11-19(17,18)13-9-5-4-6-10-13/h4-11H,1-3H3. The van der Waals surface area contributed by atoms with Gasteiger partial charge in [-0.05, 0) is 19.1 Å². The number of allylic oxidation sites excluding steroid dienone is 2. The van der Waals surface area contributed by atoms with Crippen molar-refractivity contribution in [3.05, 3.63) is 53.5 Å². The van der Waals surface area contributed by atoms with Gasteiger partial charge in [0.25, 0.3) is 0 Å². The Hall–Kier alpha value is -1.88. The first-order valence-corrected chi connectivity index (χ1v) is 7.26. The van der Waals surface area contributed by atoms with E-state index in [4.69, 9.17) is 0 Å². The summed E-state index contributed by atoms with van der Waals surface area (Å²) in [6, 6.07) is 8.14. The fourth-order valence-electron chi connectivity index (χ4n) is 1.40. The molecule has 0 unspecified atom stereocenters. The van der Waals surface area contributed by atoms with Gasteiger partial charge in [-0.15, -0.1) is 0 Å². The van der Waals surface area contributed by atoms with Crippen LogP contribution in [0, 0.1) is 0 Å². The Bertz CT molecular complexity index is 599. The van der Waals surface area contributed by atoms with Crippen LogP contribution in [0.25, 0.3) is 0 Å². The summed E-state index contributed by atoms with van der Waals surface area (Å²) in [6.07, 6.45) is 2.86. The van der Waals surface area contributed by atoms with Crippen LogP contribution < -0.4 is 0 Å². The van der Waals surface area contributed by atoms with E-state index in [2.05, 4.69) is 0 Å².